The van der Waals surface area contributed by atoms with Gasteiger partial charge in [-0.05, 0) is 25.0 Å². The van der Waals surface area contributed by atoms with Gasteiger partial charge in [0.05, 0.1) is 4.92 Å². The fourth-order valence-corrected chi connectivity index (χ4v) is 2.63. The number of benzene rings is 1. The number of amides is 1. The topological polar surface area (TPSA) is 112 Å². The molecule has 1 aromatic rings. The zero-order chi connectivity index (χ0) is 15.4. The Morgan fingerprint density at radius 1 is 1.10 bits per heavy atom. The quantitative estimate of drug-likeness (QED) is 0.659. The van der Waals surface area contributed by atoms with Gasteiger partial charge in [0.1, 0.15) is 0 Å². The van der Waals surface area contributed by atoms with Crippen molar-refractivity contribution in [3.05, 3.63) is 34.4 Å². The average molecular weight is 291 g/mol. The lowest BCUT2D eigenvalue weighted by Gasteiger charge is -2.31. The molecule has 2 atom stereocenters. The number of nitrogens with zero attached hydrogens (tertiary/aromatic N) is 1. The van der Waals surface area contributed by atoms with E-state index in [4.69, 9.17) is 0 Å². The van der Waals surface area contributed by atoms with Crippen molar-refractivity contribution in [2.24, 2.45) is 11.8 Å². The summed E-state index contributed by atoms with van der Waals surface area (Å²) in [6, 6.07) is 5.42. The summed E-state index contributed by atoms with van der Waals surface area (Å²) in [6.45, 7) is 0. The maximum Gasteiger partial charge on any atom is 0.269 e. The Bertz CT molecular complexity index is 555. The van der Waals surface area contributed by atoms with E-state index >= 15 is 0 Å². The van der Waals surface area contributed by atoms with Gasteiger partial charge in [-0.3, -0.25) is 14.9 Å². The van der Waals surface area contributed by atoms with Gasteiger partial charge in [-0.2, -0.15) is 0 Å². The van der Waals surface area contributed by atoms with Gasteiger partial charge in [0.15, 0.2) is 0 Å². The van der Waals surface area contributed by atoms with E-state index in [-0.39, 0.29) is 11.6 Å². The molecule has 0 aromatic heterocycles. The highest BCUT2D eigenvalue weighted by Gasteiger charge is 2.31. The van der Waals surface area contributed by atoms with E-state index in [1.54, 1.807) is 0 Å². The van der Waals surface area contributed by atoms with Crippen LogP contribution < -0.4 is 10.4 Å². The first-order chi connectivity index (χ1) is 9.99. The van der Waals surface area contributed by atoms with Crippen molar-refractivity contribution in [3.8, 4) is 0 Å². The average Bonchev–Trinajstić information content (AvgIpc) is 2.47. The minimum absolute atomic E-state index is 0.0710. The van der Waals surface area contributed by atoms with Gasteiger partial charge in [-0.25, -0.2) is 0 Å². The molecule has 7 nitrogen and oxygen atoms in total. The Labute approximate surface area is 121 Å². The molecule has 1 aliphatic rings. The molecule has 0 heterocycles. The van der Waals surface area contributed by atoms with Gasteiger partial charge in [-0.1, -0.05) is 12.8 Å². The van der Waals surface area contributed by atoms with E-state index in [2.05, 4.69) is 5.32 Å². The van der Waals surface area contributed by atoms with Gasteiger partial charge in [-0.15, -0.1) is 0 Å². The van der Waals surface area contributed by atoms with Crippen LogP contribution in [0.15, 0.2) is 24.3 Å². The van der Waals surface area contributed by atoms with Crippen molar-refractivity contribution in [1.29, 1.82) is 0 Å². The lowest BCUT2D eigenvalue weighted by atomic mass is 9.78. The van der Waals surface area contributed by atoms with Crippen molar-refractivity contribution in [3.63, 3.8) is 0 Å². The minimum Gasteiger partial charge on any atom is -0.550 e. The molecule has 0 unspecified atom stereocenters. The number of anilines is 1. The van der Waals surface area contributed by atoms with E-state index in [1.165, 1.54) is 24.3 Å². The lowest BCUT2D eigenvalue weighted by Crippen LogP contribution is -2.42. The molecule has 1 amide bonds. The summed E-state index contributed by atoms with van der Waals surface area (Å²) < 4.78 is 0. The third-order valence-corrected chi connectivity index (χ3v) is 3.75. The molecular formula is C14H15N2O5-. The second-order valence-corrected chi connectivity index (χ2v) is 5.11. The normalized spacial score (nSPS) is 21.5. The predicted molar refractivity (Wildman–Crippen MR) is 72.2 cm³/mol. The van der Waals surface area contributed by atoms with Crippen molar-refractivity contribution >= 4 is 23.3 Å². The van der Waals surface area contributed by atoms with Crippen LogP contribution in [0, 0.1) is 22.0 Å². The Kier molecular flexibility index (Phi) is 4.52. The van der Waals surface area contributed by atoms with Crippen LogP contribution in [0.1, 0.15) is 25.7 Å². The summed E-state index contributed by atoms with van der Waals surface area (Å²) in [7, 11) is 0. The monoisotopic (exact) mass is 291 g/mol. The molecule has 1 aliphatic carbocycles. The third-order valence-electron chi connectivity index (χ3n) is 3.75. The number of nitro benzene ring substituents is 1. The standard InChI is InChI=1S/C14H16N2O5/c17-13(11-3-1-2-4-12(11)14(18)19)15-9-5-7-10(8-6-9)16(20)21/h5-8,11-12H,1-4H2,(H,15,17)(H,18,19)/p-1/t11-,12+/m0/s1. The van der Waals surface area contributed by atoms with Gasteiger partial charge in [0.25, 0.3) is 5.69 Å². The number of rotatable bonds is 4. The van der Waals surface area contributed by atoms with Crippen molar-refractivity contribution in [1.82, 2.24) is 0 Å². The highest BCUT2D eigenvalue weighted by atomic mass is 16.6. The van der Waals surface area contributed by atoms with E-state index in [0.29, 0.717) is 18.5 Å². The largest absolute Gasteiger partial charge is 0.550 e. The molecule has 1 N–H and O–H groups in total. The van der Waals surface area contributed by atoms with Crippen LogP contribution >= 0.6 is 0 Å². The summed E-state index contributed by atoms with van der Waals surface area (Å²) in [5.74, 6) is -2.95. The number of nitrogens with one attached hydrogen (secondary N) is 1. The molecule has 2 rings (SSSR count). The van der Waals surface area contributed by atoms with E-state index in [9.17, 15) is 24.8 Å². The van der Waals surface area contributed by atoms with Crippen LogP contribution in [0.2, 0.25) is 0 Å². The second kappa shape index (κ2) is 6.34. The zero-order valence-electron chi connectivity index (χ0n) is 11.3. The van der Waals surface area contributed by atoms with Crippen molar-refractivity contribution in [2.75, 3.05) is 5.32 Å². The van der Waals surface area contributed by atoms with Crippen LogP contribution in [0.4, 0.5) is 11.4 Å². The van der Waals surface area contributed by atoms with Crippen molar-refractivity contribution < 1.29 is 19.6 Å². The van der Waals surface area contributed by atoms with Gasteiger partial charge >= 0.3 is 0 Å². The fourth-order valence-electron chi connectivity index (χ4n) is 2.63. The van der Waals surface area contributed by atoms with Crippen LogP contribution in [-0.2, 0) is 9.59 Å². The summed E-state index contributed by atoms with van der Waals surface area (Å²) in [4.78, 5) is 33.3. The molecule has 1 fully saturated rings. The van der Waals surface area contributed by atoms with Crippen LogP contribution in [0.3, 0.4) is 0 Å². The summed E-state index contributed by atoms with van der Waals surface area (Å²) in [5.41, 5.74) is 0.339. The van der Waals surface area contributed by atoms with E-state index in [1.807, 2.05) is 0 Å². The number of aliphatic carboxylic acids is 1. The number of non-ortho nitro benzene ring substituents is 1. The van der Waals surface area contributed by atoms with Gasteiger partial charge < -0.3 is 15.2 Å². The maximum atomic E-state index is 12.2. The molecule has 0 aliphatic heterocycles. The molecule has 0 radical (unpaired) electrons. The second-order valence-electron chi connectivity index (χ2n) is 5.11. The molecule has 1 aromatic carbocycles. The van der Waals surface area contributed by atoms with E-state index < -0.39 is 22.7 Å². The van der Waals surface area contributed by atoms with Crippen LogP contribution in [0.25, 0.3) is 0 Å². The molecule has 21 heavy (non-hydrogen) atoms. The zero-order valence-corrected chi connectivity index (χ0v) is 11.3. The number of carboxylic acid groups (broad SMARTS) is 1. The molecule has 112 valence electrons. The van der Waals surface area contributed by atoms with Crippen LogP contribution in [0.5, 0.6) is 0 Å². The Morgan fingerprint density at radius 3 is 2.19 bits per heavy atom. The molecule has 0 bridgehead atoms. The number of hydrogen-bond donors (Lipinski definition) is 1. The molecular weight excluding hydrogens is 276 g/mol. The highest BCUT2D eigenvalue weighted by molar-refractivity contribution is 5.95. The first kappa shape index (κ1) is 15.0. The Hall–Kier alpha value is -2.44. The van der Waals surface area contributed by atoms with Crippen molar-refractivity contribution in [2.45, 2.75) is 25.7 Å². The number of carboxylic acids is 1. The van der Waals surface area contributed by atoms with E-state index in [0.717, 1.165) is 12.8 Å². The SMILES string of the molecule is O=C(Nc1ccc([N+](=O)[O-])cc1)[C@H]1CCCC[C@H]1C(=O)[O-]. The summed E-state index contributed by atoms with van der Waals surface area (Å²) in [5, 5.41) is 24.2. The highest BCUT2D eigenvalue weighted by Crippen LogP contribution is 2.30. The third kappa shape index (κ3) is 3.56. The smallest absolute Gasteiger partial charge is 0.269 e. The minimum atomic E-state index is -1.20. The van der Waals surface area contributed by atoms with Gasteiger partial charge in [0, 0.05) is 35.6 Å². The molecule has 7 heteroatoms. The number of hydrogen-bond acceptors (Lipinski definition) is 5. The number of carbonyl (C=O) groups is 2. The molecule has 1 saturated carbocycles. The summed E-state index contributed by atoms with van der Waals surface area (Å²) in [6.07, 6.45) is 2.54. The first-order valence-corrected chi connectivity index (χ1v) is 6.75. The Morgan fingerprint density at radius 2 is 1.67 bits per heavy atom. The fraction of sp³-hybridized carbons (Fsp3) is 0.429. The lowest BCUT2D eigenvalue weighted by molar-refractivity contribution is -0.384. The Balaban J connectivity index is 2.05. The maximum absolute atomic E-state index is 12.2. The molecule has 0 saturated heterocycles. The summed E-state index contributed by atoms with van der Waals surface area (Å²) >= 11 is 0. The molecule has 0 spiro atoms. The van der Waals surface area contributed by atoms with Gasteiger partial charge in [0.2, 0.25) is 5.91 Å². The predicted octanol–water partition coefficient (Wildman–Crippen LogP) is 1.09. The first-order valence-electron chi connectivity index (χ1n) is 6.75. The number of carbonyl (C=O) groups excluding carboxylic acids is 2. The number of nitro groups is 1. The van der Waals surface area contributed by atoms with Crippen LogP contribution in [-0.4, -0.2) is 16.8 Å².